The summed E-state index contributed by atoms with van der Waals surface area (Å²) >= 11 is 0. The van der Waals surface area contributed by atoms with Gasteiger partial charge < -0.3 is 15.4 Å². The Hall–Kier alpha value is -1.83. The molecule has 1 aromatic carbocycles. The Labute approximate surface area is 167 Å². The van der Waals surface area contributed by atoms with E-state index >= 15 is 0 Å². The third-order valence-corrected chi connectivity index (χ3v) is 3.94. The quantitative estimate of drug-likeness (QED) is 0.400. The first kappa shape index (κ1) is 21.2. The maximum Gasteiger partial charge on any atom is 0.191 e. The molecule has 0 radical (unpaired) electrons. The molecule has 25 heavy (non-hydrogen) atoms. The first-order valence-electron chi connectivity index (χ1n) is 8.11. The van der Waals surface area contributed by atoms with Crippen LogP contribution in [0.1, 0.15) is 22.3 Å². The molecular weight excluding hydrogens is 427 g/mol. The van der Waals surface area contributed by atoms with Crippen LogP contribution in [0.3, 0.4) is 0 Å². The molecule has 0 atom stereocenters. The molecule has 2 aromatic rings. The lowest BCUT2D eigenvalue weighted by Crippen LogP contribution is -2.38. The van der Waals surface area contributed by atoms with Crippen molar-refractivity contribution in [3.05, 3.63) is 58.9 Å². The minimum Gasteiger partial charge on any atom is -0.496 e. The fraction of sp³-hybridized carbons (Fsp3) is 0.368. The fourth-order valence-corrected chi connectivity index (χ4v) is 2.50. The van der Waals surface area contributed by atoms with Gasteiger partial charge in [-0.25, -0.2) is 0 Å². The van der Waals surface area contributed by atoms with E-state index < -0.39 is 0 Å². The van der Waals surface area contributed by atoms with Crippen LogP contribution in [0.15, 0.2) is 41.7 Å². The van der Waals surface area contributed by atoms with Gasteiger partial charge >= 0.3 is 0 Å². The number of rotatable bonds is 6. The Balaban J connectivity index is 0.00000312. The molecule has 5 nitrogen and oxygen atoms in total. The topological polar surface area (TPSA) is 58.5 Å². The Bertz CT molecular complexity index is 704. The zero-order valence-electron chi connectivity index (χ0n) is 15.3. The van der Waals surface area contributed by atoms with E-state index in [2.05, 4.69) is 52.7 Å². The van der Waals surface area contributed by atoms with Crippen LogP contribution in [-0.4, -0.2) is 31.6 Å². The van der Waals surface area contributed by atoms with Gasteiger partial charge in [0, 0.05) is 38.1 Å². The van der Waals surface area contributed by atoms with E-state index in [0.717, 1.165) is 30.2 Å². The van der Waals surface area contributed by atoms with Crippen molar-refractivity contribution in [1.82, 2.24) is 15.6 Å². The summed E-state index contributed by atoms with van der Waals surface area (Å²) in [6.07, 6.45) is 4.66. The van der Waals surface area contributed by atoms with Gasteiger partial charge in [0.1, 0.15) is 5.75 Å². The molecule has 136 valence electrons. The van der Waals surface area contributed by atoms with E-state index in [1.165, 1.54) is 16.7 Å². The van der Waals surface area contributed by atoms with Gasteiger partial charge in [-0.1, -0.05) is 12.1 Å². The summed E-state index contributed by atoms with van der Waals surface area (Å²) in [4.78, 5) is 8.39. The van der Waals surface area contributed by atoms with E-state index in [1.807, 2.05) is 18.5 Å². The second-order valence-electron chi connectivity index (χ2n) is 5.72. The summed E-state index contributed by atoms with van der Waals surface area (Å²) in [5, 5.41) is 6.67. The molecule has 2 N–H and O–H groups in total. The monoisotopic (exact) mass is 454 g/mol. The van der Waals surface area contributed by atoms with E-state index in [0.29, 0.717) is 6.54 Å². The van der Waals surface area contributed by atoms with Crippen LogP contribution >= 0.6 is 24.0 Å². The number of aryl methyl sites for hydroxylation is 2. The summed E-state index contributed by atoms with van der Waals surface area (Å²) in [5.41, 5.74) is 4.81. The molecule has 0 saturated heterocycles. The van der Waals surface area contributed by atoms with E-state index in [9.17, 15) is 0 Å². The van der Waals surface area contributed by atoms with Crippen molar-refractivity contribution in [1.29, 1.82) is 0 Å². The van der Waals surface area contributed by atoms with Crippen LogP contribution in [0.4, 0.5) is 0 Å². The zero-order valence-corrected chi connectivity index (χ0v) is 17.6. The highest BCUT2D eigenvalue weighted by Gasteiger charge is 2.05. The van der Waals surface area contributed by atoms with Crippen molar-refractivity contribution < 1.29 is 4.74 Å². The molecule has 0 saturated carbocycles. The third kappa shape index (κ3) is 6.53. The molecule has 1 heterocycles. The van der Waals surface area contributed by atoms with Gasteiger partial charge in [0.25, 0.3) is 0 Å². The number of guanidine groups is 1. The largest absolute Gasteiger partial charge is 0.496 e. The van der Waals surface area contributed by atoms with E-state index in [-0.39, 0.29) is 24.0 Å². The molecule has 0 aliphatic heterocycles. The molecule has 0 amide bonds. The highest BCUT2D eigenvalue weighted by molar-refractivity contribution is 14.0. The second-order valence-corrected chi connectivity index (χ2v) is 5.72. The van der Waals surface area contributed by atoms with Crippen LogP contribution in [0.25, 0.3) is 0 Å². The Kier molecular flexibility index (Phi) is 9.26. The van der Waals surface area contributed by atoms with Gasteiger partial charge in [0.2, 0.25) is 0 Å². The Morgan fingerprint density at radius 3 is 2.64 bits per heavy atom. The van der Waals surface area contributed by atoms with Crippen LogP contribution < -0.4 is 15.4 Å². The average Bonchev–Trinajstić information content (AvgIpc) is 2.60. The lowest BCUT2D eigenvalue weighted by molar-refractivity contribution is 0.408. The predicted molar refractivity (Wildman–Crippen MR) is 114 cm³/mol. The molecule has 0 fully saturated rings. The molecule has 1 aromatic heterocycles. The first-order chi connectivity index (χ1) is 11.6. The van der Waals surface area contributed by atoms with E-state index in [4.69, 9.17) is 4.74 Å². The zero-order chi connectivity index (χ0) is 17.4. The number of nitrogens with zero attached hydrogens (tertiary/aromatic N) is 2. The van der Waals surface area contributed by atoms with Gasteiger partial charge in [-0.2, -0.15) is 0 Å². The lowest BCUT2D eigenvalue weighted by Gasteiger charge is -2.14. The molecule has 0 bridgehead atoms. The SMILES string of the molecule is CN=C(NCCc1ccncc1C)NCc1ccc(C)cc1OC.I. The maximum atomic E-state index is 5.44. The van der Waals surface area contributed by atoms with E-state index in [1.54, 1.807) is 14.2 Å². The fourth-order valence-electron chi connectivity index (χ4n) is 2.50. The summed E-state index contributed by atoms with van der Waals surface area (Å²) in [5.74, 6) is 1.68. The minimum atomic E-state index is 0. The minimum absolute atomic E-state index is 0. The number of aromatic nitrogens is 1. The number of aliphatic imine (C=N–C) groups is 1. The highest BCUT2D eigenvalue weighted by Crippen LogP contribution is 2.19. The van der Waals surface area contributed by atoms with Crippen LogP contribution in [0, 0.1) is 13.8 Å². The number of nitrogens with one attached hydrogen (secondary N) is 2. The summed E-state index contributed by atoms with van der Waals surface area (Å²) in [6.45, 7) is 5.62. The lowest BCUT2D eigenvalue weighted by atomic mass is 10.1. The number of methoxy groups -OCH3 is 1. The molecule has 0 aliphatic carbocycles. The maximum absolute atomic E-state index is 5.44. The number of benzene rings is 1. The Morgan fingerprint density at radius 2 is 1.96 bits per heavy atom. The van der Waals surface area contributed by atoms with Crippen LogP contribution in [-0.2, 0) is 13.0 Å². The summed E-state index contributed by atoms with van der Waals surface area (Å²) < 4.78 is 5.44. The molecule has 0 unspecified atom stereocenters. The molecule has 6 heteroatoms. The number of ether oxygens (including phenoxy) is 1. The van der Waals surface area contributed by atoms with Crippen molar-refractivity contribution in [3.8, 4) is 5.75 Å². The number of hydrogen-bond donors (Lipinski definition) is 2. The van der Waals surface area contributed by atoms with Gasteiger partial charge in [0.05, 0.1) is 7.11 Å². The summed E-state index contributed by atoms with van der Waals surface area (Å²) in [7, 11) is 3.47. The Morgan fingerprint density at radius 1 is 1.16 bits per heavy atom. The predicted octanol–water partition coefficient (Wildman–Crippen LogP) is 3.23. The van der Waals surface area contributed by atoms with Crippen LogP contribution in [0.2, 0.25) is 0 Å². The van der Waals surface area contributed by atoms with Crippen molar-refractivity contribution >= 4 is 29.9 Å². The first-order valence-corrected chi connectivity index (χ1v) is 8.11. The molecule has 0 spiro atoms. The highest BCUT2D eigenvalue weighted by atomic mass is 127. The smallest absolute Gasteiger partial charge is 0.191 e. The molecular formula is C19H27IN4O. The van der Waals surface area contributed by atoms with Gasteiger partial charge in [-0.15, -0.1) is 24.0 Å². The van der Waals surface area contributed by atoms with Crippen LogP contribution in [0.5, 0.6) is 5.75 Å². The molecule has 0 aliphatic rings. The second kappa shape index (κ2) is 10.9. The third-order valence-electron chi connectivity index (χ3n) is 3.94. The van der Waals surface area contributed by atoms with Gasteiger partial charge in [-0.3, -0.25) is 9.98 Å². The van der Waals surface area contributed by atoms with Gasteiger partial charge in [-0.05, 0) is 49.1 Å². The van der Waals surface area contributed by atoms with Gasteiger partial charge in [0.15, 0.2) is 5.96 Å². The normalized spacial score (nSPS) is 10.8. The van der Waals surface area contributed by atoms with Crippen molar-refractivity contribution in [3.63, 3.8) is 0 Å². The summed E-state index contributed by atoms with van der Waals surface area (Å²) in [6, 6.07) is 8.26. The average molecular weight is 454 g/mol. The standard InChI is InChI=1S/C19H26N4O.HI/c1-14-5-6-17(18(11-14)24-4)13-23-19(20-3)22-10-8-16-7-9-21-12-15(16)2;/h5-7,9,11-12H,8,10,13H2,1-4H3,(H2,20,22,23);1H. The number of hydrogen-bond acceptors (Lipinski definition) is 3. The molecule has 2 rings (SSSR count). The van der Waals surface area contributed by atoms with Crippen molar-refractivity contribution in [2.45, 2.75) is 26.8 Å². The van der Waals surface area contributed by atoms with Crippen molar-refractivity contribution in [2.24, 2.45) is 4.99 Å². The van der Waals surface area contributed by atoms with Crippen molar-refractivity contribution in [2.75, 3.05) is 20.7 Å². The number of pyridine rings is 1. The number of halogens is 1.